The number of rotatable bonds is 4. The number of hydrogen-bond donors (Lipinski definition) is 0. The summed E-state index contributed by atoms with van der Waals surface area (Å²) < 4.78 is 22.8. The van der Waals surface area contributed by atoms with Crippen LogP contribution in [0.1, 0.15) is 37.2 Å². The van der Waals surface area contributed by atoms with Crippen molar-refractivity contribution in [1.29, 1.82) is 0 Å². The van der Waals surface area contributed by atoms with Gasteiger partial charge in [0.2, 0.25) is 5.91 Å². The van der Waals surface area contributed by atoms with Crippen molar-refractivity contribution in [3.63, 3.8) is 0 Å². The number of carbonyl (C=O) groups is 3. The molecule has 2 aromatic carbocycles. The molecule has 1 amide bonds. The van der Waals surface area contributed by atoms with E-state index in [0.717, 1.165) is 5.56 Å². The fourth-order valence-corrected chi connectivity index (χ4v) is 4.24. The first kappa shape index (κ1) is 19.9. The van der Waals surface area contributed by atoms with Gasteiger partial charge >= 0.3 is 11.9 Å². The van der Waals surface area contributed by atoms with Crippen LogP contribution in [0.3, 0.4) is 0 Å². The van der Waals surface area contributed by atoms with Crippen molar-refractivity contribution < 1.29 is 28.2 Å². The summed E-state index contributed by atoms with van der Waals surface area (Å²) in [5.74, 6) is -1.65. The zero-order valence-corrected chi connectivity index (χ0v) is 16.3. The van der Waals surface area contributed by atoms with Gasteiger partial charge in [-0.3, -0.25) is 9.69 Å². The first-order valence-electron chi connectivity index (χ1n) is 8.37. The number of halogens is 1. The lowest BCUT2D eigenvalue weighted by Crippen LogP contribution is -2.29. The van der Waals surface area contributed by atoms with Crippen LogP contribution in [0.25, 0.3) is 0 Å². The van der Waals surface area contributed by atoms with Gasteiger partial charge in [-0.15, -0.1) is 11.8 Å². The summed E-state index contributed by atoms with van der Waals surface area (Å²) in [6, 6.07) is 8.89. The topological polar surface area (TPSA) is 72.9 Å². The van der Waals surface area contributed by atoms with Gasteiger partial charge in [-0.25, -0.2) is 14.0 Å². The zero-order chi connectivity index (χ0) is 20.4. The Kier molecular flexibility index (Phi) is 5.69. The van der Waals surface area contributed by atoms with Crippen LogP contribution in [0.15, 0.2) is 36.4 Å². The van der Waals surface area contributed by atoms with Gasteiger partial charge in [0.25, 0.3) is 0 Å². The Labute approximate surface area is 165 Å². The van der Waals surface area contributed by atoms with E-state index in [9.17, 15) is 18.8 Å². The number of nitrogens with zero attached hydrogens (tertiary/aromatic N) is 1. The third-order valence-corrected chi connectivity index (χ3v) is 5.64. The van der Waals surface area contributed by atoms with E-state index in [-0.39, 0.29) is 34.0 Å². The number of anilines is 1. The Hall–Kier alpha value is -2.87. The Morgan fingerprint density at radius 2 is 1.64 bits per heavy atom. The van der Waals surface area contributed by atoms with Crippen molar-refractivity contribution in [2.45, 2.75) is 12.3 Å². The summed E-state index contributed by atoms with van der Waals surface area (Å²) in [7, 11) is 2.43. The molecule has 2 aromatic rings. The highest BCUT2D eigenvalue weighted by molar-refractivity contribution is 8.00. The summed E-state index contributed by atoms with van der Waals surface area (Å²) in [6.07, 6.45) is 0. The van der Waals surface area contributed by atoms with Gasteiger partial charge in [-0.05, 0) is 42.3 Å². The molecule has 0 N–H and O–H groups in total. The third-order valence-electron chi connectivity index (χ3n) is 4.43. The van der Waals surface area contributed by atoms with E-state index >= 15 is 0 Å². The molecule has 0 bridgehead atoms. The summed E-state index contributed by atoms with van der Waals surface area (Å²) in [4.78, 5) is 38.5. The molecule has 0 spiro atoms. The molecule has 1 heterocycles. The monoisotopic (exact) mass is 403 g/mol. The van der Waals surface area contributed by atoms with Gasteiger partial charge < -0.3 is 9.47 Å². The largest absolute Gasteiger partial charge is 0.465 e. The SMILES string of the molecule is COC(=O)c1cc(C)c(N2C(=O)CSC2c2ccc(F)cc2)cc1C(=O)OC. The number of thioether (sulfide) groups is 1. The summed E-state index contributed by atoms with van der Waals surface area (Å²) in [5.41, 5.74) is 1.94. The lowest BCUT2D eigenvalue weighted by Gasteiger charge is -2.27. The molecular formula is C20H18FNO5S. The second-order valence-electron chi connectivity index (χ2n) is 6.15. The van der Waals surface area contributed by atoms with Gasteiger partial charge in [0.1, 0.15) is 11.2 Å². The van der Waals surface area contributed by atoms with Gasteiger partial charge in [0, 0.05) is 5.69 Å². The van der Waals surface area contributed by atoms with Crippen molar-refractivity contribution in [3.05, 3.63) is 64.5 Å². The summed E-state index contributed by atoms with van der Waals surface area (Å²) >= 11 is 1.40. The van der Waals surface area contributed by atoms with Crippen molar-refractivity contribution in [3.8, 4) is 0 Å². The maximum absolute atomic E-state index is 13.3. The average Bonchev–Trinajstić information content (AvgIpc) is 3.08. The van der Waals surface area contributed by atoms with Crippen LogP contribution in [0, 0.1) is 12.7 Å². The average molecular weight is 403 g/mol. The molecule has 0 saturated carbocycles. The maximum Gasteiger partial charge on any atom is 0.338 e. The van der Waals surface area contributed by atoms with Crippen molar-refractivity contribution in [2.24, 2.45) is 0 Å². The lowest BCUT2D eigenvalue weighted by atomic mass is 10.0. The molecule has 1 aliphatic rings. The van der Waals surface area contributed by atoms with Crippen LogP contribution in [0.5, 0.6) is 0 Å². The third kappa shape index (κ3) is 3.60. The standard InChI is InChI=1S/C20H18FNO5S/c1-11-8-14(19(24)26-2)15(20(25)27-3)9-16(11)22-17(23)10-28-18(22)12-4-6-13(21)7-5-12/h4-9,18H,10H2,1-3H3. The van der Waals surface area contributed by atoms with Crippen LogP contribution in [0.4, 0.5) is 10.1 Å². The van der Waals surface area contributed by atoms with E-state index in [1.54, 1.807) is 24.0 Å². The number of aryl methyl sites for hydroxylation is 1. The summed E-state index contributed by atoms with van der Waals surface area (Å²) in [5, 5.41) is -0.374. The van der Waals surface area contributed by atoms with Crippen LogP contribution in [-0.4, -0.2) is 37.8 Å². The number of ether oxygens (including phenoxy) is 2. The Balaban J connectivity index is 2.12. The van der Waals surface area contributed by atoms with Crippen molar-refractivity contribution in [2.75, 3.05) is 24.9 Å². The smallest absolute Gasteiger partial charge is 0.338 e. The van der Waals surface area contributed by atoms with Crippen LogP contribution >= 0.6 is 11.8 Å². The van der Waals surface area contributed by atoms with Crippen LogP contribution < -0.4 is 4.90 Å². The van der Waals surface area contributed by atoms with Gasteiger partial charge in [0.15, 0.2) is 0 Å². The fraction of sp³-hybridized carbons (Fsp3) is 0.250. The molecule has 0 aliphatic carbocycles. The molecule has 6 nitrogen and oxygen atoms in total. The molecule has 28 heavy (non-hydrogen) atoms. The van der Waals surface area contributed by atoms with Crippen molar-refractivity contribution in [1.82, 2.24) is 0 Å². The van der Waals surface area contributed by atoms with Crippen LogP contribution in [0.2, 0.25) is 0 Å². The van der Waals surface area contributed by atoms with E-state index in [2.05, 4.69) is 0 Å². The molecule has 1 unspecified atom stereocenters. The highest BCUT2D eigenvalue weighted by Crippen LogP contribution is 2.43. The number of amides is 1. The molecule has 1 atom stereocenters. The second kappa shape index (κ2) is 8.02. The molecule has 0 aromatic heterocycles. The molecule has 1 fully saturated rings. The predicted molar refractivity (Wildman–Crippen MR) is 103 cm³/mol. The second-order valence-corrected chi connectivity index (χ2v) is 7.21. The van der Waals surface area contributed by atoms with Gasteiger partial charge in [0.05, 0.1) is 31.1 Å². The van der Waals surface area contributed by atoms with Gasteiger partial charge in [-0.1, -0.05) is 12.1 Å². The minimum atomic E-state index is -0.709. The molecule has 146 valence electrons. The molecule has 0 radical (unpaired) electrons. The quantitative estimate of drug-likeness (QED) is 0.728. The molecular weight excluding hydrogens is 385 g/mol. The number of carbonyl (C=O) groups excluding carboxylic acids is 3. The minimum absolute atomic E-state index is 0.0116. The molecule has 1 aliphatic heterocycles. The van der Waals surface area contributed by atoms with E-state index in [1.807, 2.05) is 0 Å². The first-order valence-corrected chi connectivity index (χ1v) is 9.42. The summed E-state index contributed by atoms with van der Waals surface area (Å²) in [6.45, 7) is 1.74. The van der Waals surface area contributed by atoms with E-state index in [0.29, 0.717) is 11.3 Å². The fourth-order valence-electron chi connectivity index (χ4n) is 3.07. The Bertz CT molecular complexity index is 944. The van der Waals surface area contributed by atoms with E-state index in [1.165, 1.54) is 50.2 Å². The Morgan fingerprint density at radius 3 is 2.21 bits per heavy atom. The lowest BCUT2D eigenvalue weighted by molar-refractivity contribution is -0.115. The Morgan fingerprint density at radius 1 is 1.07 bits per heavy atom. The molecule has 3 rings (SSSR count). The number of methoxy groups -OCH3 is 2. The minimum Gasteiger partial charge on any atom is -0.465 e. The highest BCUT2D eigenvalue weighted by Gasteiger charge is 2.36. The maximum atomic E-state index is 13.3. The van der Waals surface area contributed by atoms with Crippen LogP contribution in [-0.2, 0) is 14.3 Å². The predicted octanol–water partition coefficient (Wildman–Crippen LogP) is 3.49. The van der Waals surface area contributed by atoms with E-state index < -0.39 is 11.9 Å². The van der Waals surface area contributed by atoms with Gasteiger partial charge in [-0.2, -0.15) is 0 Å². The van der Waals surface area contributed by atoms with E-state index in [4.69, 9.17) is 9.47 Å². The molecule has 1 saturated heterocycles. The zero-order valence-electron chi connectivity index (χ0n) is 15.5. The molecule has 8 heteroatoms. The normalized spacial score (nSPS) is 16.2. The highest BCUT2D eigenvalue weighted by atomic mass is 32.2. The van der Waals surface area contributed by atoms with Crippen molar-refractivity contribution >= 4 is 35.3 Å². The number of benzene rings is 2. The number of hydrogen-bond acceptors (Lipinski definition) is 6. The first-order chi connectivity index (χ1) is 13.4. The number of esters is 2.